The molecule has 0 spiro atoms. The van der Waals surface area contributed by atoms with Crippen LogP contribution in [0.5, 0.6) is 0 Å². The molecule has 2 saturated carbocycles. The monoisotopic (exact) mass is 532 g/mol. The predicted octanol–water partition coefficient (Wildman–Crippen LogP) is 6.58. The van der Waals surface area contributed by atoms with Gasteiger partial charge in [-0.05, 0) is 81.7 Å². The van der Waals surface area contributed by atoms with Gasteiger partial charge in [-0.15, -0.1) is 11.3 Å². The lowest BCUT2D eigenvalue weighted by atomic mass is 9.83. The number of rotatable bonds is 7. The molecule has 2 heterocycles. The van der Waals surface area contributed by atoms with E-state index < -0.39 is 5.60 Å². The lowest BCUT2D eigenvalue weighted by Gasteiger charge is -2.34. The zero-order chi connectivity index (χ0) is 26.4. The molecule has 0 radical (unpaired) electrons. The molecule has 0 unspecified atom stereocenters. The Morgan fingerprint density at radius 2 is 1.87 bits per heavy atom. The summed E-state index contributed by atoms with van der Waals surface area (Å²) in [4.78, 5) is 16.6. The third-order valence-corrected chi connectivity index (χ3v) is 9.13. The molecule has 4 aromatic rings. The number of carbonyl (C=O) groups excluding carboxylic acids is 1. The lowest BCUT2D eigenvalue weighted by Crippen LogP contribution is -2.34. The summed E-state index contributed by atoms with van der Waals surface area (Å²) in [6.07, 6.45) is 4.94. The Morgan fingerprint density at radius 1 is 1.13 bits per heavy atom. The second-order valence-corrected chi connectivity index (χ2v) is 11.7. The van der Waals surface area contributed by atoms with Crippen molar-refractivity contribution < 1.29 is 23.9 Å². The fraction of sp³-hybridized carbons (Fsp3) is 0.433. The maximum absolute atomic E-state index is 11.9. The van der Waals surface area contributed by atoms with Gasteiger partial charge in [-0.3, -0.25) is 0 Å². The number of esters is 1. The van der Waals surface area contributed by atoms with Crippen LogP contribution in [0.3, 0.4) is 0 Å². The van der Waals surface area contributed by atoms with Gasteiger partial charge < -0.3 is 19.1 Å². The number of aliphatic hydroxyl groups is 1. The smallest absolute Gasteiger partial charge is 0.337 e. The number of carbonyl (C=O) groups is 1. The van der Waals surface area contributed by atoms with E-state index in [-0.39, 0.29) is 12.1 Å². The summed E-state index contributed by atoms with van der Waals surface area (Å²) in [5.41, 5.74) is 5.73. The SMILES string of the molecule is COC(=O)c1ccc2nc([C@]3(O)CC[C@@H](OCc4c(-c5c(C)cccc5C)noc4C4CC4)CC3)sc2c1. The van der Waals surface area contributed by atoms with E-state index in [0.29, 0.717) is 35.9 Å². The Morgan fingerprint density at radius 3 is 2.55 bits per heavy atom. The van der Waals surface area contributed by atoms with Crippen molar-refractivity contribution in [3.63, 3.8) is 0 Å². The van der Waals surface area contributed by atoms with E-state index >= 15 is 0 Å². The van der Waals surface area contributed by atoms with Gasteiger partial charge in [-0.2, -0.15) is 0 Å². The predicted molar refractivity (Wildman–Crippen MR) is 145 cm³/mol. The topological polar surface area (TPSA) is 94.7 Å². The molecular formula is C30H32N2O5S. The molecule has 2 aliphatic rings. The van der Waals surface area contributed by atoms with E-state index in [1.807, 2.05) is 6.07 Å². The average Bonchev–Trinajstić information content (AvgIpc) is 3.53. The van der Waals surface area contributed by atoms with Gasteiger partial charge in [0.05, 0.1) is 35.6 Å². The number of aryl methyl sites for hydroxylation is 2. The van der Waals surface area contributed by atoms with Gasteiger partial charge in [0, 0.05) is 17.0 Å². The fourth-order valence-corrected chi connectivity index (χ4v) is 6.68. The molecule has 0 aliphatic heterocycles. The molecule has 1 N–H and O–H groups in total. The van der Waals surface area contributed by atoms with Crippen molar-refractivity contribution in [2.24, 2.45) is 0 Å². The van der Waals surface area contributed by atoms with Crippen LogP contribution in [0.1, 0.15) is 82.3 Å². The minimum Gasteiger partial charge on any atom is -0.465 e. The summed E-state index contributed by atoms with van der Waals surface area (Å²) in [5.74, 6) is 1.03. The number of aromatic nitrogens is 2. The van der Waals surface area contributed by atoms with Crippen molar-refractivity contribution in [1.82, 2.24) is 10.1 Å². The molecule has 0 saturated heterocycles. The standard InChI is InChI=1S/C30H32N2O5S/c1-17-5-4-6-18(2)25(17)26-22(27(37-32-26)19-7-8-19)16-36-21-11-13-30(34,14-12-21)29-31-23-10-9-20(28(33)35-3)15-24(23)38-29/h4-6,9-10,15,19,21,34H,7-8,11-14,16H2,1-3H3/t21-,30+. The van der Waals surface area contributed by atoms with Gasteiger partial charge in [0.2, 0.25) is 0 Å². The first kappa shape index (κ1) is 25.2. The summed E-state index contributed by atoms with van der Waals surface area (Å²) in [6.45, 7) is 4.68. The molecule has 2 aromatic carbocycles. The summed E-state index contributed by atoms with van der Waals surface area (Å²) >= 11 is 1.44. The second kappa shape index (κ2) is 9.91. The van der Waals surface area contributed by atoms with Crippen molar-refractivity contribution in [3.05, 3.63) is 69.4 Å². The Kier molecular flexibility index (Phi) is 6.58. The van der Waals surface area contributed by atoms with E-state index in [1.165, 1.54) is 29.6 Å². The zero-order valence-corrected chi connectivity index (χ0v) is 22.8. The minimum atomic E-state index is -0.991. The fourth-order valence-electron chi connectivity index (χ4n) is 5.53. The van der Waals surface area contributed by atoms with Crippen LogP contribution in [-0.4, -0.2) is 34.4 Å². The average molecular weight is 533 g/mol. The number of fused-ring (bicyclic) bond motifs is 1. The molecule has 0 bridgehead atoms. The molecule has 2 aromatic heterocycles. The van der Waals surface area contributed by atoms with Crippen LogP contribution < -0.4 is 0 Å². The number of hydrogen-bond acceptors (Lipinski definition) is 8. The highest BCUT2D eigenvalue weighted by Crippen LogP contribution is 2.46. The molecule has 2 fully saturated rings. The number of benzene rings is 2. The summed E-state index contributed by atoms with van der Waals surface area (Å²) < 4.78 is 18.0. The summed E-state index contributed by atoms with van der Waals surface area (Å²) in [5, 5.41) is 16.7. The van der Waals surface area contributed by atoms with Crippen LogP contribution in [0, 0.1) is 13.8 Å². The van der Waals surface area contributed by atoms with Crippen LogP contribution in [-0.2, 0) is 21.7 Å². The van der Waals surface area contributed by atoms with Crippen molar-refractivity contribution in [2.75, 3.05) is 7.11 Å². The number of ether oxygens (including phenoxy) is 2. The van der Waals surface area contributed by atoms with E-state index in [4.69, 9.17) is 19.0 Å². The van der Waals surface area contributed by atoms with E-state index in [9.17, 15) is 9.90 Å². The molecule has 7 nitrogen and oxygen atoms in total. The number of methoxy groups -OCH3 is 1. The largest absolute Gasteiger partial charge is 0.465 e. The number of hydrogen-bond donors (Lipinski definition) is 1. The van der Waals surface area contributed by atoms with Gasteiger partial charge in [0.15, 0.2) is 0 Å². The molecule has 38 heavy (non-hydrogen) atoms. The van der Waals surface area contributed by atoms with Crippen molar-refractivity contribution in [2.45, 2.75) is 76.6 Å². The number of thiazole rings is 1. The quantitative estimate of drug-likeness (QED) is 0.269. The Labute approximate surface area is 225 Å². The molecule has 8 heteroatoms. The van der Waals surface area contributed by atoms with Gasteiger partial charge >= 0.3 is 5.97 Å². The highest BCUT2D eigenvalue weighted by Gasteiger charge is 2.39. The van der Waals surface area contributed by atoms with Crippen LogP contribution in [0.15, 0.2) is 40.9 Å². The summed E-state index contributed by atoms with van der Waals surface area (Å²) in [7, 11) is 1.37. The van der Waals surface area contributed by atoms with E-state index in [1.54, 1.807) is 12.1 Å². The molecular weight excluding hydrogens is 500 g/mol. The van der Waals surface area contributed by atoms with Gasteiger partial charge in [-0.1, -0.05) is 23.4 Å². The highest BCUT2D eigenvalue weighted by molar-refractivity contribution is 7.18. The van der Waals surface area contributed by atoms with E-state index in [2.05, 4.69) is 37.2 Å². The zero-order valence-electron chi connectivity index (χ0n) is 22.0. The Hall–Kier alpha value is -3.07. The first-order valence-electron chi connectivity index (χ1n) is 13.2. The maximum atomic E-state index is 11.9. The number of nitrogens with zero attached hydrogens (tertiary/aromatic N) is 2. The first-order chi connectivity index (χ1) is 18.4. The van der Waals surface area contributed by atoms with Crippen LogP contribution in [0.2, 0.25) is 0 Å². The van der Waals surface area contributed by atoms with Crippen molar-refractivity contribution >= 4 is 27.5 Å². The van der Waals surface area contributed by atoms with Crippen LogP contribution >= 0.6 is 11.3 Å². The first-order valence-corrected chi connectivity index (χ1v) is 14.1. The normalized spacial score (nSPS) is 21.6. The van der Waals surface area contributed by atoms with Gasteiger partial charge in [0.1, 0.15) is 22.1 Å². The minimum absolute atomic E-state index is 0.0448. The molecule has 198 valence electrons. The molecule has 0 atom stereocenters. The third-order valence-electron chi connectivity index (χ3n) is 7.92. The Bertz CT molecular complexity index is 1470. The lowest BCUT2D eigenvalue weighted by molar-refractivity contribution is -0.0640. The van der Waals surface area contributed by atoms with Crippen LogP contribution in [0.25, 0.3) is 21.5 Å². The van der Waals surface area contributed by atoms with Crippen LogP contribution in [0.4, 0.5) is 0 Å². The third kappa shape index (κ3) is 4.65. The highest BCUT2D eigenvalue weighted by atomic mass is 32.1. The molecule has 2 aliphatic carbocycles. The Balaban J connectivity index is 1.16. The van der Waals surface area contributed by atoms with Crippen molar-refractivity contribution in [1.29, 1.82) is 0 Å². The molecule has 6 rings (SSSR count). The van der Waals surface area contributed by atoms with E-state index in [0.717, 1.165) is 58.5 Å². The second-order valence-electron chi connectivity index (χ2n) is 10.7. The van der Waals surface area contributed by atoms with Gasteiger partial charge in [-0.25, -0.2) is 9.78 Å². The van der Waals surface area contributed by atoms with Gasteiger partial charge in [0.25, 0.3) is 0 Å². The van der Waals surface area contributed by atoms with Crippen molar-refractivity contribution in [3.8, 4) is 11.3 Å². The molecule has 0 amide bonds. The maximum Gasteiger partial charge on any atom is 0.337 e. The summed E-state index contributed by atoms with van der Waals surface area (Å²) in [6, 6.07) is 11.6.